The number of nitrogens with one attached hydrogen (secondary N) is 1. The molecule has 164 valence electrons. The van der Waals surface area contributed by atoms with Crippen molar-refractivity contribution in [3.63, 3.8) is 0 Å². The maximum atomic E-state index is 12.4. The lowest BCUT2D eigenvalue weighted by Crippen LogP contribution is -2.15. The molecule has 0 aliphatic heterocycles. The Kier molecular flexibility index (Phi) is 7.86. The van der Waals surface area contributed by atoms with E-state index in [-0.39, 0.29) is 23.7 Å². The maximum Gasteiger partial charge on any atom is 0.338 e. The summed E-state index contributed by atoms with van der Waals surface area (Å²) in [5, 5.41) is 14.4. The monoisotopic (exact) mass is 458 g/mol. The first-order valence-electron chi connectivity index (χ1n) is 10.1. The van der Waals surface area contributed by atoms with Crippen molar-refractivity contribution in [1.82, 2.24) is 14.8 Å². The Hall–Kier alpha value is -2.65. The molecule has 0 spiro atoms. The van der Waals surface area contributed by atoms with Crippen LogP contribution in [0.5, 0.6) is 0 Å². The maximum absolute atomic E-state index is 12.4. The van der Waals surface area contributed by atoms with Gasteiger partial charge in [-0.2, -0.15) is 0 Å². The molecule has 0 radical (unpaired) electrons. The first-order valence-corrected chi connectivity index (χ1v) is 12.0. The van der Waals surface area contributed by atoms with Gasteiger partial charge in [-0.15, -0.1) is 21.5 Å². The number of rotatable bonds is 9. The number of aryl methyl sites for hydroxylation is 1. The lowest BCUT2D eigenvalue weighted by molar-refractivity contribution is -0.113. The van der Waals surface area contributed by atoms with Crippen LogP contribution in [0.2, 0.25) is 0 Å². The van der Waals surface area contributed by atoms with Crippen LogP contribution < -0.4 is 5.32 Å². The minimum Gasteiger partial charge on any atom is -0.462 e. The van der Waals surface area contributed by atoms with E-state index in [9.17, 15) is 9.59 Å². The first-order chi connectivity index (χ1) is 14.9. The van der Waals surface area contributed by atoms with Crippen molar-refractivity contribution in [3.05, 3.63) is 46.2 Å². The summed E-state index contributed by atoms with van der Waals surface area (Å²) >= 11 is 3.07. The van der Waals surface area contributed by atoms with Gasteiger partial charge in [-0.1, -0.05) is 18.7 Å². The van der Waals surface area contributed by atoms with Gasteiger partial charge < -0.3 is 10.1 Å². The second kappa shape index (κ2) is 10.6. The number of thioether (sulfide) groups is 1. The predicted molar refractivity (Wildman–Crippen MR) is 125 cm³/mol. The number of hydrogen-bond acceptors (Lipinski definition) is 7. The Labute approximate surface area is 190 Å². The highest BCUT2D eigenvalue weighted by molar-refractivity contribution is 7.99. The minimum atomic E-state index is -0.378. The molecule has 0 unspecified atom stereocenters. The first kappa shape index (κ1) is 23.0. The van der Waals surface area contributed by atoms with E-state index in [0.29, 0.717) is 23.0 Å². The second-order valence-electron chi connectivity index (χ2n) is 7.06. The molecule has 7 nitrogen and oxygen atoms in total. The van der Waals surface area contributed by atoms with Gasteiger partial charge in [-0.25, -0.2) is 4.79 Å². The summed E-state index contributed by atoms with van der Waals surface area (Å²) in [6, 6.07) is 8.95. The predicted octanol–water partition coefficient (Wildman–Crippen LogP) is 5.06. The summed E-state index contributed by atoms with van der Waals surface area (Å²) in [5.41, 5.74) is 2.13. The van der Waals surface area contributed by atoms with E-state index in [0.717, 1.165) is 17.8 Å². The Bertz CT molecular complexity index is 1040. The molecule has 3 rings (SSSR count). The van der Waals surface area contributed by atoms with Crippen molar-refractivity contribution in [1.29, 1.82) is 0 Å². The number of carbonyl (C=O) groups excluding carboxylic acids is 2. The third kappa shape index (κ3) is 5.74. The minimum absolute atomic E-state index is 0.155. The van der Waals surface area contributed by atoms with Crippen LogP contribution in [-0.4, -0.2) is 39.0 Å². The number of esters is 1. The number of nitrogens with zero attached hydrogens (tertiary/aromatic N) is 3. The molecule has 1 aromatic carbocycles. The molecule has 1 amide bonds. The molecule has 0 saturated carbocycles. The van der Waals surface area contributed by atoms with Crippen LogP contribution in [0.25, 0.3) is 11.4 Å². The summed E-state index contributed by atoms with van der Waals surface area (Å²) in [7, 11) is 0. The quantitative estimate of drug-likeness (QED) is 0.356. The fourth-order valence-electron chi connectivity index (χ4n) is 2.95. The van der Waals surface area contributed by atoms with Crippen molar-refractivity contribution < 1.29 is 14.3 Å². The van der Waals surface area contributed by atoms with E-state index >= 15 is 0 Å². The van der Waals surface area contributed by atoms with Gasteiger partial charge in [-0.3, -0.25) is 9.36 Å². The normalized spacial score (nSPS) is 11.0. The van der Waals surface area contributed by atoms with E-state index in [2.05, 4.69) is 52.3 Å². The molecule has 0 aliphatic carbocycles. The summed E-state index contributed by atoms with van der Waals surface area (Å²) in [6.07, 6.45) is 0.989. The number of hydrogen-bond donors (Lipinski definition) is 1. The van der Waals surface area contributed by atoms with Gasteiger partial charge in [-0.05, 0) is 57.5 Å². The smallest absolute Gasteiger partial charge is 0.338 e. The highest BCUT2D eigenvalue weighted by atomic mass is 32.2. The molecule has 9 heteroatoms. The standard InChI is InChI=1S/C22H26N4O3S2/c1-5-18-11-16(12-30-18)20-24-25-22(26(20)14(3)4)31-13-19(27)23-17-9-7-15(8-10-17)21(28)29-6-2/h7-12,14H,5-6,13H2,1-4H3,(H,23,27). The number of anilines is 1. The molecule has 2 aromatic heterocycles. The van der Waals surface area contributed by atoms with Crippen LogP contribution >= 0.6 is 23.1 Å². The van der Waals surface area contributed by atoms with E-state index in [1.165, 1.54) is 16.6 Å². The van der Waals surface area contributed by atoms with Crippen molar-refractivity contribution in [2.75, 3.05) is 17.7 Å². The van der Waals surface area contributed by atoms with Gasteiger partial charge >= 0.3 is 5.97 Å². The summed E-state index contributed by atoms with van der Waals surface area (Å²) in [6.45, 7) is 8.37. The van der Waals surface area contributed by atoms with Gasteiger partial charge in [0.2, 0.25) is 5.91 Å². The SMILES string of the molecule is CCOC(=O)c1ccc(NC(=O)CSc2nnc(-c3csc(CC)c3)n2C(C)C)cc1. The van der Waals surface area contributed by atoms with Crippen LogP contribution in [0.4, 0.5) is 5.69 Å². The molecular formula is C22H26N4O3S2. The van der Waals surface area contributed by atoms with Gasteiger partial charge in [0.1, 0.15) is 0 Å². The van der Waals surface area contributed by atoms with Crippen LogP contribution in [0.3, 0.4) is 0 Å². The Morgan fingerprint density at radius 2 is 1.94 bits per heavy atom. The highest BCUT2D eigenvalue weighted by Crippen LogP contribution is 2.30. The third-order valence-electron chi connectivity index (χ3n) is 4.45. The number of benzene rings is 1. The van der Waals surface area contributed by atoms with Crippen LogP contribution in [0.1, 0.15) is 49.0 Å². The number of ether oxygens (including phenoxy) is 1. The van der Waals surface area contributed by atoms with Crippen LogP contribution in [0.15, 0.2) is 40.9 Å². The lowest BCUT2D eigenvalue weighted by atomic mass is 10.2. The molecule has 0 aliphatic rings. The Balaban J connectivity index is 1.64. The van der Waals surface area contributed by atoms with Crippen molar-refractivity contribution >= 4 is 40.7 Å². The number of amides is 1. The van der Waals surface area contributed by atoms with Gasteiger partial charge in [0.15, 0.2) is 11.0 Å². The van der Waals surface area contributed by atoms with E-state index in [1.807, 2.05) is 0 Å². The number of thiophene rings is 1. The third-order valence-corrected chi connectivity index (χ3v) is 6.48. The molecule has 3 aromatic rings. The average molecular weight is 459 g/mol. The van der Waals surface area contributed by atoms with Crippen molar-refractivity contribution in [2.24, 2.45) is 0 Å². The van der Waals surface area contributed by atoms with Crippen molar-refractivity contribution in [3.8, 4) is 11.4 Å². The molecule has 0 fully saturated rings. The zero-order chi connectivity index (χ0) is 22.4. The Morgan fingerprint density at radius 3 is 2.55 bits per heavy atom. The highest BCUT2D eigenvalue weighted by Gasteiger charge is 2.19. The summed E-state index contributed by atoms with van der Waals surface area (Å²) in [5.74, 6) is 0.492. The summed E-state index contributed by atoms with van der Waals surface area (Å²) in [4.78, 5) is 25.4. The number of aromatic nitrogens is 3. The molecule has 0 saturated heterocycles. The molecule has 0 bridgehead atoms. The van der Waals surface area contributed by atoms with E-state index < -0.39 is 0 Å². The largest absolute Gasteiger partial charge is 0.462 e. The topological polar surface area (TPSA) is 86.1 Å². The number of carbonyl (C=O) groups is 2. The molecule has 1 N–H and O–H groups in total. The van der Waals surface area contributed by atoms with E-state index in [1.54, 1.807) is 42.5 Å². The molecule has 31 heavy (non-hydrogen) atoms. The molecule has 0 atom stereocenters. The summed E-state index contributed by atoms with van der Waals surface area (Å²) < 4.78 is 7.03. The lowest BCUT2D eigenvalue weighted by Gasteiger charge is -2.13. The Morgan fingerprint density at radius 1 is 1.19 bits per heavy atom. The zero-order valence-electron chi connectivity index (χ0n) is 18.0. The van der Waals surface area contributed by atoms with Gasteiger partial charge in [0.05, 0.1) is 17.9 Å². The molecule has 2 heterocycles. The fourth-order valence-corrected chi connectivity index (χ4v) is 4.63. The van der Waals surface area contributed by atoms with Crippen LogP contribution in [0, 0.1) is 0 Å². The average Bonchev–Trinajstić information content (AvgIpc) is 3.39. The van der Waals surface area contributed by atoms with Crippen LogP contribution in [-0.2, 0) is 16.0 Å². The zero-order valence-corrected chi connectivity index (χ0v) is 19.7. The fraction of sp³-hybridized carbons (Fsp3) is 0.364. The van der Waals surface area contributed by atoms with Gasteiger partial charge in [0.25, 0.3) is 0 Å². The molecular weight excluding hydrogens is 432 g/mol. The van der Waals surface area contributed by atoms with Gasteiger partial charge in [0, 0.05) is 27.5 Å². The van der Waals surface area contributed by atoms with E-state index in [4.69, 9.17) is 4.74 Å². The second-order valence-corrected chi connectivity index (χ2v) is 9.00. The van der Waals surface area contributed by atoms with Crippen molar-refractivity contribution in [2.45, 2.75) is 45.3 Å².